The Morgan fingerprint density at radius 1 is 1.10 bits per heavy atom. The minimum absolute atomic E-state index is 0.146. The van der Waals surface area contributed by atoms with E-state index in [9.17, 15) is 4.79 Å². The van der Waals surface area contributed by atoms with E-state index in [1.54, 1.807) is 18.5 Å². The quantitative estimate of drug-likeness (QED) is 0.482. The number of aromatic nitrogens is 6. The molecule has 0 fully saturated rings. The molecule has 0 spiro atoms. The third-order valence-electron chi connectivity index (χ3n) is 4.60. The van der Waals surface area contributed by atoms with E-state index >= 15 is 0 Å². The third kappa shape index (κ3) is 5.05. The molecule has 0 saturated heterocycles. The van der Waals surface area contributed by atoms with Crippen LogP contribution in [0.4, 0.5) is 0 Å². The maximum absolute atomic E-state index is 12.2. The van der Waals surface area contributed by atoms with Gasteiger partial charge in [0.2, 0.25) is 0 Å². The maximum atomic E-state index is 12.2. The monoisotopic (exact) mass is 389 g/mol. The predicted octanol–water partition coefficient (Wildman–Crippen LogP) is 2.23. The summed E-state index contributed by atoms with van der Waals surface area (Å²) >= 11 is 0. The Hall–Kier alpha value is -3.52. The highest BCUT2D eigenvalue weighted by Crippen LogP contribution is 2.17. The average Bonchev–Trinajstić information content (AvgIpc) is 3.40. The van der Waals surface area contributed by atoms with Gasteiger partial charge in [0.15, 0.2) is 0 Å². The molecule has 148 valence electrons. The van der Waals surface area contributed by atoms with Gasteiger partial charge in [-0.1, -0.05) is 18.2 Å². The van der Waals surface area contributed by atoms with Crippen LogP contribution in [0, 0.1) is 0 Å². The van der Waals surface area contributed by atoms with Crippen molar-refractivity contribution in [1.29, 1.82) is 0 Å². The number of hydrogen-bond donors (Lipinski definition) is 2. The van der Waals surface area contributed by atoms with Gasteiger partial charge in [0.05, 0.1) is 5.69 Å². The minimum atomic E-state index is -0.146. The van der Waals surface area contributed by atoms with Crippen LogP contribution in [0.2, 0.25) is 0 Å². The fraction of sp³-hybridized carbons (Fsp3) is 0.238. The molecule has 8 nitrogen and oxygen atoms in total. The summed E-state index contributed by atoms with van der Waals surface area (Å²) in [5.74, 6) is 0.589. The van der Waals surface area contributed by atoms with E-state index in [2.05, 4.69) is 49.3 Å². The van der Waals surface area contributed by atoms with E-state index in [0.717, 1.165) is 35.6 Å². The molecule has 3 heterocycles. The summed E-state index contributed by atoms with van der Waals surface area (Å²) in [5, 5.41) is 11.2. The van der Waals surface area contributed by atoms with Crippen LogP contribution in [0.25, 0.3) is 11.4 Å². The summed E-state index contributed by atoms with van der Waals surface area (Å²) in [4.78, 5) is 21.9. The first-order valence-electron chi connectivity index (χ1n) is 9.49. The molecule has 0 bridgehead atoms. The summed E-state index contributed by atoms with van der Waals surface area (Å²) in [6.07, 6.45) is 6.04. The predicted molar refractivity (Wildman–Crippen MR) is 110 cm³/mol. The second kappa shape index (κ2) is 8.66. The molecule has 8 heteroatoms. The number of hydrogen-bond acceptors (Lipinski definition) is 5. The van der Waals surface area contributed by atoms with Gasteiger partial charge in [0.25, 0.3) is 5.56 Å². The van der Waals surface area contributed by atoms with Gasteiger partial charge in [-0.3, -0.25) is 19.5 Å². The summed E-state index contributed by atoms with van der Waals surface area (Å²) in [6.45, 7) is 2.24. The molecule has 0 radical (unpaired) electrons. The van der Waals surface area contributed by atoms with Crippen molar-refractivity contribution in [2.45, 2.75) is 26.1 Å². The summed E-state index contributed by atoms with van der Waals surface area (Å²) < 4.78 is 1.83. The normalized spacial score (nSPS) is 11.2. The lowest BCUT2D eigenvalue weighted by molar-refractivity contribution is 0.315. The van der Waals surface area contributed by atoms with Crippen LogP contribution in [0.3, 0.4) is 0 Å². The number of H-pyrrole nitrogens is 2. The second-order valence-corrected chi connectivity index (χ2v) is 7.06. The van der Waals surface area contributed by atoms with Crippen molar-refractivity contribution in [3.63, 3.8) is 0 Å². The van der Waals surface area contributed by atoms with E-state index < -0.39 is 0 Å². The van der Waals surface area contributed by atoms with Gasteiger partial charge in [0, 0.05) is 62.0 Å². The van der Waals surface area contributed by atoms with Crippen LogP contribution in [-0.2, 0) is 26.1 Å². The first-order valence-corrected chi connectivity index (χ1v) is 9.49. The highest BCUT2D eigenvalue weighted by Gasteiger charge is 2.08. The van der Waals surface area contributed by atoms with E-state index in [0.29, 0.717) is 18.8 Å². The Bertz CT molecular complexity index is 1100. The number of aryl methyl sites for hydroxylation is 2. The van der Waals surface area contributed by atoms with E-state index in [4.69, 9.17) is 0 Å². The zero-order valence-corrected chi connectivity index (χ0v) is 16.2. The smallest absolute Gasteiger partial charge is 0.251 e. The topological polar surface area (TPSA) is 95.5 Å². The standard InChI is InChI=1S/C21H23N7O/c1-27(15-19-6-9-22-26-19)14-16-4-2-5-17(12-16)21-24-18(13-20(29)25-21)7-11-28-10-3-8-23-28/h2-6,8-10,12-13H,7,11,14-15H2,1H3,(H,22,26)(H,24,25,29). The van der Waals surface area contributed by atoms with Crippen molar-refractivity contribution >= 4 is 0 Å². The molecule has 4 rings (SSSR count). The largest absolute Gasteiger partial charge is 0.307 e. The van der Waals surface area contributed by atoms with E-state index in [1.807, 2.05) is 35.1 Å². The van der Waals surface area contributed by atoms with Gasteiger partial charge in [-0.05, 0) is 30.8 Å². The van der Waals surface area contributed by atoms with E-state index in [-0.39, 0.29) is 5.56 Å². The summed E-state index contributed by atoms with van der Waals surface area (Å²) in [6, 6.07) is 13.5. The van der Waals surface area contributed by atoms with Gasteiger partial charge in [-0.25, -0.2) is 4.98 Å². The molecular weight excluding hydrogens is 366 g/mol. The molecule has 0 aliphatic rings. The Balaban J connectivity index is 1.49. The average molecular weight is 389 g/mol. The lowest BCUT2D eigenvalue weighted by atomic mass is 10.1. The Labute approximate surface area is 168 Å². The molecule has 0 atom stereocenters. The van der Waals surface area contributed by atoms with Crippen LogP contribution >= 0.6 is 0 Å². The van der Waals surface area contributed by atoms with Crippen molar-refractivity contribution in [2.24, 2.45) is 0 Å². The molecule has 0 aliphatic heterocycles. The van der Waals surface area contributed by atoms with E-state index in [1.165, 1.54) is 0 Å². The van der Waals surface area contributed by atoms with Crippen molar-refractivity contribution in [3.8, 4) is 11.4 Å². The lowest BCUT2D eigenvalue weighted by Crippen LogP contribution is -2.17. The first kappa shape index (κ1) is 18.8. The Morgan fingerprint density at radius 3 is 2.83 bits per heavy atom. The van der Waals surface area contributed by atoms with Crippen LogP contribution < -0.4 is 5.56 Å². The SMILES string of the molecule is CN(Cc1cccc(-c2nc(CCn3cccn3)cc(=O)[nH]2)c1)Cc1ccn[nH]1. The fourth-order valence-electron chi connectivity index (χ4n) is 3.28. The van der Waals surface area contributed by atoms with Crippen LogP contribution in [0.15, 0.2) is 65.8 Å². The van der Waals surface area contributed by atoms with Gasteiger partial charge in [-0.15, -0.1) is 0 Å². The Kier molecular flexibility index (Phi) is 5.62. The molecule has 4 aromatic rings. The highest BCUT2D eigenvalue weighted by atomic mass is 16.1. The van der Waals surface area contributed by atoms with Gasteiger partial charge < -0.3 is 4.98 Å². The Morgan fingerprint density at radius 2 is 2.03 bits per heavy atom. The first-order chi connectivity index (χ1) is 14.2. The second-order valence-electron chi connectivity index (χ2n) is 7.06. The molecule has 0 saturated carbocycles. The maximum Gasteiger partial charge on any atom is 0.251 e. The molecule has 1 aromatic carbocycles. The molecule has 0 unspecified atom stereocenters. The van der Waals surface area contributed by atoms with Gasteiger partial charge in [-0.2, -0.15) is 10.2 Å². The molecule has 2 N–H and O–H groups in total. The number of nitrogens with one attached hydrogen (secondary N) is 2. The zero-order chi connectivity index (χ0) is 20.1. The molecule has 0 amide bonds. The number of benzene rings is 1. The molecule has 29 heavy (non-hydrogen) atoms. The van der Waals surface area contributed by atoms with Gasteiger partial charge in [0.1, 0.15) is 5.82 Å². The van der Waals surface area contributed by atoms with Crippen molar-refractivity contribution < 1.29 is 0 Å². The van der Waals surface area contributed by atoms with Crippen molar-refractivity contribution in [3.05, 3.63) is 88.4 Å². The van der Waals surface area contributed by atoms with Crippen LogP contribution in [-0.4, -0.2) is 41.9 Å². The molecule has 3 aromatic heterocycles. The van der Waals surface area contributed by atoms with Crippen LogP contribution in [0.5, 0.6) is 0 Å². The van der Waals surface area contributed by atoms with Gasteiger partial charge >= 0.3 is 0 Å². The summed E-state index contributed by atoms with van der Waals surface area (Å²) in [5.41, 5.74) is 3.72. The minimum Gasteiger partial charge on any atom is -0.307 e. The third-order valence-corrected chi connectivity index (χ3v) is 4.60. The van der Waals surface area contributed by atoms with Crippen molar-refractivity contribution in [1.82, 2.24) is 34.8 Å². The molecular formula is C21H23N7O. The molecule has 0 aliphatic carbocycles. The van der Waals surface area contributed by atoms with Crippen LogP contribution in [0.1, 0.15) is 17.0 Å². The highest BCUT2D eigenvalue weighted by molar-refractivity contribution is 5.56. The zero-order valence-electron chi connectivity index (χ0n) is 16.2. The fourth-order valence-corrected chi connectivity index (χ4v) is 3.28. The lowest BCUT2D eigenvalue weighted by Gasteiger charge is -2.16. The summed E-state index contributed by atoms with van der Waals surface area (Å²) in [7, 11) is 2.06. The number of aromatic amines is 2. The van der Waals surface area contributed by atoms with Crippen molar-refractivity contribution in [2.75, 3.05) is 7.05 Å². The number of nitrogens with zero attached hydrogens (tertiary/aromatic N) is 5. The number of rotatable bonds is 8.